The molecule has 3 rings (SSSR count). The lowest BCUT2D eigenvalue weighted by molar-refractivity contribution is -0.126. The van der Waals surface area contributed by atoms with Crippen molar-refractivity contribution in [2.45, 2.75) is 51.2 Å². The van der Waals surface area contributed by atoms with Gasteiger partial charge in [-0.15, -0.1) is 0 Å². The smallest absolute Gasteiger partial charge is 0.253 e. The fourth-order valence-electron chi connectivity index (χ4n) is 3.68. The second-order valence-corrected chi connectivity index (χ2v) is 7.78. The van der Waals surface area contributed by atoms with Gasteiger partial charge >= 0.3 is 0 Å². The van der Waals surface area contributed by atoms with Crippen LogP contribution in [0.1, 0.15) is 49.4 Å². The number of halogens is 1. The van der Waals surface area contributed by atoms with Gasteiger partial charge in [0.25, 0.3) is 5.91 Å². The van der Waals surface area contributed by atoms with E-state index < -0.39 is 6.10 Å². The first-order chi connectivity index (χ1) is 14.5. The predicted molar refractivity (Wildman–Crippen MR) is 112 cm³/mol. The lowest BCUT2D eigenvalue weighted by Gasteiger charge is -2.29. The number of nitrogens with one attached hydrogen (secondary N) is 2. The molecular formula is C23H28FN3O3. The number of aliphatic hydroxyl groups excluding tert-OH is 1. The molecule has 1 aromatic carbocycles. The van der Waals surface area contributed by atoms with Crippen LogP contribution in [0, 0.1) is 11.7 Å². The van der Waals surface area contributed by atoms with Crippen molar-refractivity contribution in [3.8, 4) is 11.3 Å². The van der Waals surface area contributed by atoms with E-state index in [1.54, 1.807) is 24.3 Å². The van der Waals surface area contributed by atoms with Crippen molar-refractivity contribution in [1.82, 2.24) is 15.6 Å². The standard InChI is InChI=1S/C23H28FN3O3/c1-2-20(28)14-26-22(29)16-6-4-8-19(12-16)27-23(30)17-9-10-21(25-13-17)15-5-3-7-18(24)11-15/h3,5,7,9-11,13,16,19-20,28H,2,4,6,8,12,14H2,1H3,(H,26,29)(H,27,30)/t16-,19?,20?/m0/s1. The summed E-state index contributed by atoms with van der Waals surface area (Å²) in [4.78, 5) is 29.2. The third kappa shape index (κ3) is 5.86. The predicted octanol–water partition coefficient (Wildman–Crippen LogP) is 3.06. The van der Waals surface area contributed by atoms with Gasteiger partial charge in [0.15, 0.2) is 0 Å². The molecule has 6 nitrogen and oxygen atoms in total. The average Bonchev–Trinajstić information content (AvgIpc) is 2.77. The molecule has 2 aromatic rings. The van der Waals surface area contributed by atoms with E-state index in [0.29, 0.717) is 29.7 Å². The number of benzene rings is 1. The average molecular weight is 413 g/mol. The van der Waals surface area contributed by atoms with Crippen molar-refractivity contribution < 1.29 is 19.1 Å². The molecule has 0 saturated heterocycles. The normalized spacial score (nSPS) is 19.7. The molecule has 0 spiro atoms. The van der Waals surface area contributed by atoms with Crippen molar-refractivity contribution in [1.29, 1.82) is 0 Å². The van der Waals surface area contributed by atoms with Crippen LogP contribution >= 0.6 is 0 Å². The zero-order chi connectivity index (χ0) is 21.5. The summed E-state index contributed by atoms with van der Waals surface area (Å²) in [5.41, 5.74) is 1.67. The summed E-state index contributed by atoms with van der Waals surface area (Å²) < 4.78 is 13.4. The second-order valence-electron chi connectivity index (χ2n) is 7.78. The Balaban J connectivity index is 1.55. The van der Waals surface area contributed by atoms with E-state index in [1.807, 2.05) is 6.92 Å². The van der Waals surface area contributed by atoms with E-state index in [0.717, 1.165) is 19.3 Å². The summed E-state index contributed by atoms with van der Waals surface area (Å²) in [5, 5.41) is 15.4. The summed E-state index contributed by atoms with van der Waals surface area (Å²) in [6, 6.07) is 9.43. The molecule has 160 valence electrons. The molecule has 1 aliphatic rings. The third-order valence-corrected chi connectivity index (χ3v) is 5.51. The third-order valence-electron chi connectivity index (χ3n) is 5.51. The van der Waals surface area contributed by atoms with E-state index in [-0.39, 0.29) is 36.1 Å². The minimum absolute atomic E-state index is 0.0671. The molecule has 1 saturated carbocycles. The first kappa shape index (κ1) is 21.9. The van der Waals surface area contributed by atoms with Gasteiger partial charge in [0.1, 0.15) is 5.82 Å². The van der Waals surface area contributed by atoms with Gasteiger partial charge in [0, 0.05) is 30.3 Å². The molecule has 0 aliphatic heterocycles. The Bertz CT molecular complexity index is 872. The van der Waals surface area contributed by atoms with Crippen molar-refractivity contribution in [2.75, 3.05) is 6.54 Å². The summed E-state index contributed by atoms with van der Waals surface area (Å²) in [5.74, 6) is -0.805. The first-order valence-corrected chi connectivity index (χ1v) is 10.4. The molecule has 1 fully saturated rings. The Morgan fingerprint density at radius 3 is 2.80 bits per heavy atom. The highest BCUT2D eigenvalue weighted by Crippen LogP contribution is 2.25. The monoisotopic (exact) mass is 413 g/mol. The Kier molecular flexibility index (Phi) is 7.52. The second kappa shape index (κ2) is 10.3. The summed E-state index contributed by atoms with van der Waals surface area (Å²) >= 11 is 0. The molecule has 2 unspecified atom stereocenters. The number of hydrogen-bond acceptors (Lipinski definition) is 4. The summed E-state index contributed by atoms with van der Waals surface area (Å²) in [7, 11) is 0. The number of aliphatic hydroxyl groups is 1. The molecule has 3 atom stereocenters. The fourth-order valence-corrected chi connectivity index (χ4v) is 3.68. The van der Waals surface area contributed by atoms with Crippen LogP contribution in [0.15, 0.2) is 42.6 Å². The van der Waals surface area contributed by atoms with E-state index in [2.05, 4.69) is 15.6 Å². The molecule has 1 aliphatic carbocycles. The lowest BCUT2D eigenvalue weighted by Crippen LogP contribution is -2.43. The summed E-state index contributed by atoms with van der Waals surface area (Å²) in [6.45, 7) is 2.12. The zero-order valence-corrected chi connectivity index (χ0v) is 17.1. The van der Waals surface area contributed by atoms with Gasteiger partial charge in [-0.2, -0.15) is 0 Å². The maximum Gasteiger partial charge on any atom is 0.253 e. The van der Waals surface area contributed by atoms with E-state index in [4.69, 9.17) is 0 Å². The highest BCUT2D eigenvalue weighted by atomic mass is 19.1. The molecule has 2 amide bonds. The van der Waals surface area contributed by atoms with Crippen LogP contribution in [0.5, 0.6) is 0 Å². The summed E-state index contributed by atoms with van der Waals surface area (Å²) in [6.07, 6.45) is 4.58. The number of nitrogens with zero attached hydrogens (tertiary/aromatic N) is 1. The van der Waals surface area contributed by atoms with Crippen LogP contribution in [-0.4, -0.2) is 40.6 Å². The lowest BCUT2D eigenvalue weighted by atomic mass is 9.85. The van der Waals surface area contributed by atoms with Crippen molar-refractivity contribution in [3.05, 3.63) is 54.0 Å². The van der Waals surface area contributed by atoms with E-state index >= 15 is 0 Å². The Morgan fingerprint density at radius 2 is 2.10 bits per heavy atom. The van der Waals surface area contributed by atoms with E-state index in [9.17, 15) is 19.1 Å². The van der Waals surface area contributed by atoms with Gasteiger partial charge in [0.2, 0.25) is 5.91 Å². The highest BCUT2D eigenvalue weighted by Gasteiger charge is 2.28. The maximum absolute atomic E-state index is 13.4. The van der Waals surface area contributed by atoms with Gasteiger partial charge in [-0.1, -0.05) is 25.5 Å². The number of pyridine rings is 1. The van der Waals surface area contributed by atoms with Crippen LogP contribution < -0.4 is 10.6 Å². The van der Waals surface area contributed by atoms with E-state index in [1.165, 1.54) is 18.3 Å². The van der Waals surface area contributed by atoms with Crippen molar-refractivity contribution in [2.24, 2.45) is 5.92 Å². The van der Waals surface area contributed by atoms with Crippen LogP contribution in [0.2, 0.25) is 0 Å². The van der Waals surface area contributed by atoms with Gasteiger partial charge < -0.3 is 15.7 Å². The van der Waals surface area contributed by atoms with Crippen LogP contribution in [0.3, 0.4) is 0 Å². The molecule has 0 radical (unpaired) electrons. The number of hydrogen-bond donors (Lipinski definition) is 3. The van der Waals surface area contributed by atoms with Gasteiger partial charge in [-0.3, -0.25) is 14.6 Å². The Labute approximate surface area is 175 Å². The molecule has 1 aromatic heterocycles. The highest BCUT2D eigenvalue weighted by molar-refractivity contribution is 5.94. The minimum atomic E-state index is -0.532. The molecule has 7 heteroatoms. The Hall–Kier alpha value is -2.80. The van der Waals surface area contributed by atoms with Crippen LogP contribution in [0.4, 0.5) is 4.39 Å². The molecule has 0 bridgehead atoms. The SMILES string of the molecule is CCC(O)CNC(=O)[C@H]1CCCC(NC(=O)c2ccc(-c3cccc(F)c3)nc2)C1. The minimum Gasteiger partial charge on any atom is -0.391 e. The fraction of sp³-hybridized carbons (Fsp3) is 0.435. The number of rotatable bonds is 7. The van der Waals surface area contributed by atoms with Crippen LogP contribution in [-0.2, 0) is 4.79 Å². The zero-order valence-electron chi connectivity index (χ0n) is 17.1. The number of amides is 2. The van der Waals surface area contributed by atoms with Crippen molar-refractivity contribution >= 4 is 11.8 Å². The van der Waals surface area contributed by atoms with Gasteiger partial charge in [-0.25, -0.2) is 4.39 Å². The number of carbonyl (C=O) groups is 2. The quantitative estimate of drug-likeness (QED) is 0.651. The Morgan fingerprint density at radius 1 is 1.27 bits per heavy atom. The molecule has 30 heavy (non-hydrogen) atoms. The van der Waals surface area contributed by atoms with Crippen molar-refractivity contribution in [3.63, 3.8) is 0 Å². The molecule has 1 heterocycles. The molecular weight excluding hydrogens is 385 g/mol. The van der Waals surface area contributed by atoms with Gasteiger partial charge in [-0.05, 0) is 49.9 Å². The number of carbonyl (C=O) groups excluding carboxylic acids is 2. The first-order valence-electron chi connectivity index (χ1n) is 10.4. The van der Waals surface area contributed by atoms with Gasteiger partial charge in [0.05, 0.1) is 17.4 Å². The number of aromatic nitrogens is 1. The maximum atomic E-state index is 13.4. The largest absolute Gasteiger partial charge is 0.391 e. The van der Waals surface area contributed by atoms with Crippen LogP contribution in [0.25, 0.3) is 11.3 Å². The molecule has 3 N–H and O–H groups in total. The topological polar surface area (TPSA) is 91.3 Å².